The summed E-state index contributed by atoms with van der Waals surface area (Å²) in [5.41, 5.74) is 3.78. The molecular weight excluding hydrogens is 238 g/mol. The number of nitrogens with one attached hydrogen (secondary N) is 1. The highest BCUT2D eigenvalue weighted by atomic mass is 16.6. The maximum absolute atomic E-state index is 11.7. The number of aryl methyl sites for hydroxylation is 1. The number of hydrogen-bond donors (Lipinski definition) is 1. The lowest BCUT2D eigenvalue weighted by Crippen LogP contribution is -2.10. The number of ether oxygens (including phenoxy) is 1. The molecule has 1 unspecified atom stereocenters. The number of carbonyl (C=O) groups excluding carboxylic acids is 1. The highest BCUT2D eigenvalue weighted by Crippen LogP contribution is 2.31. The van der Waals surface area contributed by atoms with Crippen LogP contribution in [0.3, 0.4) is 0 Å². The summed E-state index contributed by atoms with van der Waals surface area (Å²) in [6.07, 6.45) is 0.623. The highest BCUT2D eigenvalue weighted by molar-refractivity contribution is 5.94. The second kappa shape index (κ2) is 4.76. The van der Waals surface area contributed by atoms with Crippen molar-refractivity contribution in [1.82, 2.24) is 0 Å². The predicted octanol–water partition coefficient (Wildman–Crippen LogP) is 3.53. The van der Waals surface area contributed by atoms with Gasteiger partial charge in [0.2, 0.25) is 6.23 Å². The molecule has 2 aromatic carbocycles. The standard InChI is InChI=1S/C16H15NO2/c1-2-11-7-9-12(10-8-11)17-15-13-5-3-4-6-14(13)16(18)19-15/h3-10,15,17H,2H2,1H3. The minimum absolute atomic E-state index is 0.265. The highest BCUT2D eigenvalue weighted by Gasteiger charge is 2.30. The van der Waals surface area contributed by atoms with Gasteiger partial charge in [-0.3, -0.25) is 0 Å². The molecule has 0 spiro atoms. The van der Waals surface area contributed by atoms with Crippen molar-refractivity contribution in [2.24, 2.45) is 0 Å². The van der Waals surface area contributed by atoms with E-state index in [1.165, 1.54) is 5.56 Å². The van der Waals surface area contributed by atoms with E-state index in [1.54, 1.807) is 6.07 Å². The van der Waals surface area contributed by atoms with Crippen molar-refractivity contribution in [3.63, 3.8) is 0 Å². The number of hydrogen-bond acceptors (Lipinski definition) is 3. The molecule has 0 fully saturated rings. The van der Waals surface area contributed by atoms with Crippen molar-refractivity contribution < 1.29 is 9.53 Å². The molecule has 19 heavy (non-hydrogen) atoms. The first-order valence-electron chi connectivity index (χ1n) is 6.43. The van der Waals surface area contributed by atoms with Gasteiger partial charge in [-0.25, -0.2) is 4.79 Å². The summed E-state index contributed by atoms with van der Waals surface area (Å²) in [7, 11) is 0. The molecule has 1 aliphatic rings. The minimum atomic E-state index is -0.392. The second-order valence-corrected chi connectivity index (χ2v) is 4.57. The van der Waals surface area contributed by atoms with E-state index in [1.807, 2.05) is 30.3 Å². The summed E-state index contributed by atoms with van der Waals surface area (Å²) in [4.78, 5) is 11.7. The summed E-state index contributed by atoms with van der Waals surface area (Å²) in [6, 6.07) is 15.6. The molecule has 0 amide bonds. The normalized spacial score (nSPS) is 16.9. The van der Waals surface area contributed by atoms with Crippen LogP contribution in [0.1, 0.15) is 34.6 Å². The zero-order valence-electron chi connectivity index (χ0n) is 10.7. The molecule has 0 aliphatic carbocycles. The summed E-state index contributed by atoms with van der Waals surface area (Å²) in [5, 5.41) is 3.24. The van der Waals surface area contributed by atoms with Crippen molar-refractivity contribution in [2.45, 2.75) is 19.6 Å². The molecule has 0 radical (unpaired) electrons. The molecule has 2 aromatic rings. The molecule has 0 bridgehead atoms. The third kappa shape index (κ3) is 2.19. The Hall–Kier alpha value is -2.29. The quantitative estimate of drug-likeness (QED) is 0.850. The monoisotopic (exact) mass is 253 g/mol. The Kier molecular flexibility index (Phi) is 2.95. The molecule has 1 N–H and O–H groups in total. The van der Waals surface area contributed by atoms with Gasteiger partial charge < -0.3 is 10.1 Å². The third-order valence-corrected chi connectivity index (χ3v) is 3.35. The molecule has 0 saturated carbocycles. The van der Waals surface area contributed by atoms with Crippen LogP contribution >= 0.6 is 0 Å². The number of carbonyl (C=O) groups is 1. The number of benzene rings is 2. The molecule has 1 atom stereocenters. The number of fused-ring (bicyclic) bond motifs is 1. The van der Waals surface area contributed by atoms with Gasteiger partial charge in [-0.15, -0.1) is 0 Å². The van der Waals surface area contributed by atoms with E-state index in [0.717, 1.165) is 17.7 Å². The fourth-order valence-corrected chi connectivity index (χ4v) is 2.24. The first kappa shape index (κ1) is 11.8. The second-order valence-electron chi connectivity index (χ2n) is 4.57. The zero-order valence-corrected chi connectivity index (χ0v) is 10.7. The van der Waals surface area contributed by atoms with Crippen LogP contribution in [0.25, 0.3) is 0 Å². The Balaban J connectivity index is 1.83. The van der Waals surface area contributed by atoms with Gasteiger partial charge in [-0.05, 0) is 30.2 Å². The first-order valence-corrected chi connectivity index (χ1v) is 6.43. The molecule has 3 rings (SSSR count). The Labute approximate surface area is 112 Å². The number of esters is 1. The Morgan fingerprint density at radius 1 is 1.11 bits per heavy atom. The summed E-state index contributed by atoms with van der Waals surface area (Å²) in [5.74, 6) is -0.265. The molecule has 96 valence electrons. The zero-order chi connectivity index (χ0) is 13.2. The third-order valence-electron chi connectivity index (χ3n) is 3.35. The molecule has 3 nitrogen and oxygen atoms in total. The van der Waals surface area contributed by atoms with Gasteiger partial charge in [0.15, 0.2) is 0 Å². The van der Waals surface area contributed by atoms with Gasteiger partial charge in [0.25, 0.3) is 0 Å². The molecule has 3 heteroatoms. The average Bonchev–Trinajstić information content (AvgIpc) is 2.77. The van der Waals surface area contributed by atoms with Gasteiger partial charge >= 0.3 is 5.97 Å². The van der Waals surface area contributed by atoms with Crippen LogP contribution in [0.2, 0.25) is 0 Å². The number of anilines is 1. The van der Waals surface area contributed by atoms with Crippen LogP contribution < -0.4 is 5.32 Å². The van der Waals surface area contributed by atoms with Crippen molar-refractivity contribution in [3.05, 3.63) is 65.2 Å². The Bertz CT molecular complexity index is 604. The van der Waals surface area contributed by atoms with E-state index in [-0.39, 0.29) is 5.97 Å². The van der Waals surface area contributed by atoms with Gasteiger partial charge in [0, 0.05) is 11.3 Å². The molecule has 0 saturated heterocycles. The van der Waals surface area contributed by atoms with Crippen LogP contribution in [0.4, 0.5) is 5.69 Å². The molecular formula is C16H15NO2. The van der Waals surface area contributed by atoms with Crippen LogP contribution in [0.5, 0.6) is 0 Å². The lowest BCUT2D eigenvalue weighted by Gasteiger charge is -2.14. The van der Waals surface area contributed by atoms with Gasteiger partial charge in [-0.2, -0.15) is 0 Å². The van der Waals surface area contributed by atoms with Gasteiger partial charge in [0.1, 0.15) is 0 Å². The molecule has 0 aromatic heterocycles. The smallest absolute Gasteiger partial charge is 0.340 e. The van der Waals surface area contributed by atoms with Crippen LogP contribution in [0.15, 0.2) is 48.5 Å². The van der Waals surface area contributed by atoms with Gasteiger partial charge in [-0.1, -0.05) is 37.3 Å². The van der Waals surface area contributed by atoms with E-state index in [9.17, 15) is 4.79 Å². The van der Waals surface area contributed by atoms with Crippen LogP contribution in [-0.4, -0.2) is 5.97 Å². The van der Waals surface area contributed by atoms with E-state index < -0.39 is 6.23 Å². The summed E-state index contributed by atoms with van der Waals surface area (Å²) in [6.45, 7) is 2.12. The Morgan fingerprint density at radius 3 is 2.58 bits per heavy atom. The Morgan fingerprint density at radius 2 is 1.84 bits per heavy atom. The maximum Gasteiger partial charge on any atom is 0.340 e. The summed E-state index contributed by atoms with van der Waals surface area (Å²) < 4.78 is 5.34. The fraction of sp³-hybridized carbons (Fsp3) is 0.188. The van der Waals surface area contributed by atoms with E-state index in [4.69, 9.17) is 4.74 Å². The topological polar surface area (TPSA) is 38.3 Å². The summed E-state index contributed by atoms with van der Waals surface area (Å²) >= 11 is 0. The number of rotatable bonds is 3. The molecule has 1 aliphatic heterocycles. The largest absolute Gasteiger partial charge is 0.434 e. The van der Waals surface area contributed by atoms with E-state index >= 15 is 0 Å². The van der Waals surface area contributed by atoms with Crippen molar-refractivity contribution in [2.75, 3.05) is 5.32 Å². The first-order chi connectivity index (χ1) is 9.28. The minimum Gasteiger partial charge on any atom is -0.434 e. The van der Waals surface area contributed by atoms with Crippen LogP contribution in [-0.2, 0) is 11.2 Å². The van der Waals surface area contributed by atoms with Crippen molar-refractivity contribution in [3.8, 4) is 0 Å². The lowest BCUT2D eigenvalue weighted by molar-refractivity contribution is 0.0437. The van der Waals surface area contributed by atoms with Gasteiger partial charge in [0.05, 0.1) is 5.56 Å². The predicted molar refractivity (Wildman–Crippen MR) is 74.0 cm³/mol. The van der Waals surface area contributed by atoms with E-state index in [0.29, 0.717) is 5.56 Å². The van der Waals surface area contributed by atoms with Crippen LogP contribution in [0, 0.1) is 0 Å². The van der Waals surface area contributed by atoms with Crippen molar-refractivity contribution in [1.29, 1.82) is 0 Å². The maximum atomic E-state index is 11.7. The lowest BCUT2D eigenvalue weighted by atomic mass is 10.1. The van der Waals surface area contributed by atoms with E-state index in [2.05, 4.69) is 24.4 Å². The average molecular weight is 253 g/mol. The SMILES string of the molecule is CCc1ccc(NC2OC(=O)c3ccccc32)cc1. The molecule has 1 heterocycles. The van der Waals surface area contributed by atoms with Crippen molar-refractivity contribution >= 4 is 11.7 Å². The fourth-order valence-electron chi connectivity index (χ4n) is 2.24. The number of cyclic esters (lactones) is 1.